The number of aromatic nitrogens is 2. The Kier molecular flexibility index (Phi) is 4.85. The molecule has 0 atom stereocenters. The lowest BCUT2D eigenvalue weighted by molar-refractivity contribution is 0.0618. The summed E-state index contributed by atoms with van der Waals surface area (Å²) in [6.45, 7) is 11.1. The largest absolute Gasteiger partial charge is 0.311 e. The van der Waals surface area contributed by atoms with Gasteiger partial charge in [-0.2, -0.15) is 0 Å². The third-order valence-corrected chi connectivity index (χ3v) is 3.86. The molecule has 19 heavy (non-hydrogen) atoms. The van der Waals surface area contributed by atoms with Gasteiger partial charge in [-0.15, -0.1) is 0 Å². The van der Waals surface area contributed by atoms with Crippen LogP contribution in [-0.4, -0.2) is 65.1 Å². The molecule has 0 spiro atoms. The maximum Gasteiger partial charge on any atom is 0.115 e. The van der Waals surface area contributed by atoms with Crippen molar-refractivity contribution < 1.29 is 0 Å². The molecular formula is C14H25N5. The summed E-state index contributed by atoms with van der Waals surface area (Å²) < 4.78 is 0. The van der Waals surface area contributed by atoms with E-state index >= 15 is 0 Å². The third kappa shape index (κ3) is 4.23. The fourth-order valence-electron chi connectivity index (χ4n) is 2.46. The van der Waals surface area contributed by atoms with Gasteiger partial charge in [0.15, 0.2) is 0 Å². The van der Waals surface area contributed by atoms with E-state index in [1.165, 1.54) is 0 Å². The van der Waals surface area contributed by atoms with E-state index < -0.39 is 0 Å². The van der Waals surface area contributed by atoms with Crippen LogP contribution in [0.15, 0.2) is 18.7 Å². The molecule has 1 aromatic rings. The van der Waals surface area contributed by atoms with Gasteiger partial charge in [0.05, 0.1) is 0 Å². The number of rotatable bonds is 5. The van der Waals surface area contributed by atoms with Gasteiger partial charge in [0.25, 0.3) is 0 Å². The van der Waals surface area contributed by atoms with Crippen LogP contribution >= 0.6 is 0 Å². The first-order valence-electron chi connectivity index (χ1n) is 6.96. The van der Waals surface area contributed by atoms with Crippen LogP contribution in [0.2, 0.25) is 0 Å². The Balaban J connectivity index is 1.77. The summed E-state index contributed by atoms with van der Waals surface area (Å²) in [4.78, 5) is 13.0. The quantitative estimate of drug-likeness (QED) is 0.842. The van der Waals surface area contributed by atoms with Crippen LogP contribution < -0.4 is 5.32 Å². The van der Waals surface area contributed by atoms with Gasteiger partial charge in [0, 0.05) is 62.8 Å². The van der Waals surface area contributed by atoms with Gasteiger partial charge in [-0.3, -0.25) is 4.90 Å². The summed E-state index contributed by atoms with van der Waals surface area (Å²) in [5, 5.41) is 3.52. The van der Waals surface area contributed by atoms with E-state index in [0.717, 1.165) is 44.8 Å². The molecule has 1 aliphatic heterocycles. The summed E-state index contributed by atoms with van der Waals surface area (Å²) in [6, 6.07) is 0. The first-order valence-corrected chi connectivity index (χ1v) is 6.96. The summed E-state index contributed by atoms with van der Waals surface area (Å²) in [7, 11) is 2.19. The molecule has 0 aromatic carbocycles. The van der Waals surface area contributed by atoms with Crippen molar-refractivity contribution >= 4 is 0 Å². The van der Waals surface area contributed by atoms with E-state index in [1.54, 1.807) is 6.33 Å². The minimum atomic E-state index is 0.191. The van der Waals surface area contributed by atoms with Crippen molar-refractivity contribution in [3.8, 4) is 0 Å². The van der Waals surface area contributed by atoms with E-state index in [4.69, 9.17) is 0 Å². The second kappa shape index (κ2) is 6.41. The van der Waals surface area contributed by atoms with Gasteiger partial charge in [0.1, 0.15) is 6.33 Å². The van der Waals surface area contributed by atoms with Gasteiger partial charge in [-0.05, 0) is 20.9 Å². The molecule has 1 aromatic heterocycles. The highest BCUT2D eigenvalue weighted by atomic mass is 15.3. The standard InChI is InChI=1S/C14H25N5/c1-14(2,19-6-4-18(3)5-7-19)11-15-8-13-9-16-12-17-10-13/h9-10,12,15H,4-8,11H2,1-3H3. The molecule has 0 saturated carbocycles. The molecule has 0 unspecified atom stereocenters. The second-order valence-electron chi connectivity index (χ2n) is 5.95. The molecule has 0 aliphatic carbocycles. The van der Waals surface area contributed by atoms with Crippen LogP contribution in [0.25, 0.3) is 0 Å². The van der Waals surface area contributed by atoms with Crippen molar-refractivity contribution in [1.82, 2.24) is 25.1 Å². The minimum absolute atomic E-state index is 0.191. The van der Waals surface area contributed by atoms with Crippen LogP contribution in [0.5, 0.6) is 0 Å². The first kappa shape index (κ1) is 14.4. The first-order chi connectivity index (χ1) is 9.08. The normalized spacial score (nSPS) is 18.7. The molecule has 2 heterocycles. The van der Waals surface area contributed by atoms with Crippen molar-refractivity contribution in [2.45, 2.75) is 25.9 Å². The molecule has 0 amide bonds. The van der Waals surface area contributed by atoms with E-state index in [9.17, 15) is 0 Å². The van der Waals surface area contributed by atoms with Gasteiger partial charge >= 0.3 is 0 Å². The monoisotopic (exact) mass is 263 g/mol. The predicted molar refractivity (Wildman–Crippen MR) is 76.9 cm³/mol. The number of nitrogens with zero attached hydrogens (tertiary/aromatic N) is 4. The Hall–Kier alpha value is -1.04. The van der Waals surface area contributed by atoms with Crippen LogP contribution in [0.3, 0.4) is 0 Å². The average molecular weight is 263 g/mol. The lowest BCUT2D eigenvalue weighted by Crippen LogP contribution is -2.57. The van der Waals surface area contributed by atoms with E-state index in [2.05, 4.69) is 46.0 Å². The SMILES string of the molecule is CN1CCN(C(C)(C)CNCc2cncnc2)CC1. The molecule has 1 fully saturated rings. The van der Waals surface area contributed by atoms with Crippen LogP contribution in [-0.2, 0) is 6.54 Å². The summed E-state index contributed by atoms with van der Waals surface area (Å²) >= 11 is 0. The number of hydrogen-bond acceptors (Lipinski definition) is 5. The molecule has 2 rings (SSSR count). The lowest BCUT2D eigenvalue weighted by Gasteiger charge is -2.43. The van der Waals surface area contributed by atoms with Crippen molar-refractivity contribution in [3.63, 3.8) is 0 Å². The van der Waals surface area contributed by atoms with Gasteiger partial charge < -0.3 is 10.2 Å². The zero-order chi connectivity index (χ0) is 13.7. The molecule has 0 bridgehead atoms. The number of piperazine rings is 1. The number of likely N-dealkylation sites (N-methyl/N-ethyl adjacent to an activating group) is 1. The summed E-state index contributed by atoms with van der Waals surface area (Å²) in [5.41, 5.74) is 1.33. The summed E-state index contributed by atoms with van der Waals surface area (Å²) in [5.74, 6) is 0. The molecule has 5 heteroatoms. The average Bonchev–Trinajstić information content (AvgIpc) is 2.40. The molecule has 0 radical (unpaired) electrons. The van der Waals surface area contributed by atoms with Gasteiger partial charge in [0.2, 0.25) is 0 Å². The van der Waals surface area contributed by atoms with Crippen LogP contribution in [0, 0.1) is 0 Å². The Morgan fingerprint density at radius 2 is 1.79 bits per heavy atom. The predicted octanol–water partition coefficient (Wildman–Crippen LogP) is 0.592. The highest BCUT2D eigenvalue weighted by molar-refractivity contribution is 5.02. The zero-order valence-corrected chi connectivity index (χ0v) is 12.3. The van der Waals surface area contributed by atoms with Gasteiger partial charge in [-0.25, -0.2) is 9.97 Å². The molecule has 106 valence electrons. The fraction of sp³-hybridized carbons (Fsp3) is 0.714. The fourth-order valence-corrected chi connectivity index (χ4v) is 2.46. The Labute approximate surface area is 116 Å². The lowest BCUT2D eigenvalue weighted by atomic mass is 10.0. The highest BCUT2D eigenvalue weighted by Gasteiger charge is 2.28. The van der Waals surface area contributed by atoms with Crippen LogP contribution in [0.4, 0.5) is 0 Å². The molecule has 1 saturated heterocycles. The Morgan fingerprint density at radius 1 is 1.16 bits per heavy atom. The van der Waals surface area contributed by atoms with E-state index in [1.807, 2.05) is 12.4 Å². The molecular weight excluding hydrogens is 238 g/mol. The molecule has 5 nitrogen and oxygen atoms in total. The smallest absolute Gasteiger partial charge is 0.115 e. The number of hydrogen-bond donors (Lipinski definition) is 1. The number of nitrogens with one attached hydrogen (secondary N) is 1. The van der Waals surface area contributed by atoms with Crippen LogP contribution in [0.1, 0.15) is 19.4 Å². The maximum atomic E-state index is 4.03. The Morgan fingerprint density at radius 3 is 2.42 bits per heavy atom. The second-order valence-corrected chi connectivity index (χ2v) is 5.95. The highest BCUT2D eigenvalue weighted by Crippen LogP contribution is 2.15. The van der Waals surface area contributed by atoms with E-state index in [-0.39, 0.29) is 5.54 Å². The van der Waals surface area contributed by atoms with Crippen molar-refractivity contribution in [1.29, 1.82) is 0 Å². The van der Waals surface area contributed by atoms with Crippen molar-refractivity contribution in [2.75, 3.05) is 39.8 Å². The summed E-state index contributed by atoms with van der Waals surface area (Å²) in [6.07, 6.45) is 5.30. The van der Waals surface area contributed by atoms with Gasteiger partial charge in [-0.1, -0.05) is 0 Å². The maximum absolute atomic E-state index is 4.03. The van der Waals surface area contributed by atoms with Crippen molar-refractivity contribution in [2.24, 2.45) is 0 Å². The minimum Gasteiger partial charge on any atom is -0.311 e. The molecule has 1 aliphatic rings. The molecule has 1 N–H and O–H groups in total. The van der Waals surface area contributed by atoms with Crippen molar-refractivity contribution in [3.05, 3.63) is 24.3 Å². The zero-order valence-electron chi connectivity index (χ0n) is 12.3. The Bertz CT molecular complexity index is 371. The third-order valence-electron chi connectivity index (χ3n) is 3.86. The van der Waals surface area contributed by atoms with E-state index in [0.29, 0.717) is 0 Å². The topological polar surface area (TPSA) is 44.3 Å².